The van der Waals surface area contributed by atoms with Gasteiger partial charge in [0.2, 0.25) is 0 Å². The molecule has 0 aliphatic heterocycles. The van der Waals surface area contributed by atoms with Gasteiger partial charge in [0.15, 0.2) is 0 Å². The maximum absolute atomic E-state index is 12.2. The first-order valence-corrected chi connectivity index (χ1v) is 5.98. The quantitative estimate of drug-likeness (QED) is 0.764. The van der Waals surface area contributed by atoms with E-state index in [1.165, 1.54) is 10.6 Å². The second kappa shape index (κ2) is 5.88. The summed E-state index contributed by atoms with van der Waals surface area (Å²) in [6, 6.07) is 3.69. The molecule has 0 saturated heterocycles. The van der Waals surface area contributed by atoms with Gasteiger partial charge in [0.25, 0.3) is 11.5 Å². The SMILES string of the molecule is C#CCC(NC(=O)c1cnc2ccccn2c1=O)C(=O)O. The maximum atomic E-state index is 12.2. The van der Waals surface area contributed by atoms with E-state index in [2.05, 4.69) is 16.2 Å². The summed E-state index contributed by atoms with van der Waals surface area (Å²) in [5, 5.41) is 11.1. The summed E-state index contributed by atoms with van der Waals surface area (Å²) in [7, 11) is 0. The first kappa shape index (κ1) is 14.3. The zero-order chi connectivity index (χ0) is 15.4. The normalized spacial score (nSPS) is 11.6. The number of hydrogen-bond donors (Lipinski definition) is 2. The van der Waals surface area contributed by atoms with Crippen LogP contribution in [0.15, 0.2) is 35.4 Å². The highest BCUT2D eigenvalue weighted by atomic mass is 16.4. The molecule has 0 bridgehead atoms. The number of fused-ring (bicyclic) bond motifs is 1. The smallest absolute Gasteiger partial charge is 0.327 e. The Hall–Kier alpha value is -3.14. The first-order chi connectivity index (χ1) is 10.0. The van der Waals surface area contributed by atoms with E-state index < -0.39 is 23.5 Å². The molecule has 21 heavy (non-hydrogen) atoms. The summed E-state index contributed by atoms with van der Waals surface area (Å²) < 4.78 is 1.20. The number of aliphatic carboxylic acids is 1. The Labute approximate surface area is 119 Å². The van der Waals surface area contributed by atoms with Crippen LogP contribution >= 0.6 is 0 Å². The van der Waals surface area contributed by atoms with Gasteiger partial charge >= 0.3 is 5.97 Å². The van der Waals surface area contributed by atoms with Gasteiger partial charge < -0.3 is 10.4 Å². The molecule has 0 spiro atoms. The van der Waals surface area contributed by atoms with Crippen molar-refractivity contribution in [1.29, 1.82) is 0 Å². The fraction of sp³-hybridized carbons (Fsp3) is 0.143. The molecule has 2 N–H and O–H groups in total. The van der Waals surface area contributed by atoms with Crippen molar-refractivity contribution in [3.63, 3.8) is 0 Å². The minimum atomic E-state index is -1.27. The summed E-state index contributed by atoms with van der Waals surface area (Å²) in [6.07, 6.45) is 7.45. The lowest BCUT2D eigenvalue weighted by Gasteiger charge is -2.11. The fourth-order valence-corrected chi connectivity index (χ4v) is 1.74. The molecule has 1 atom stereocenters. The third-order valence-corrected chi connectivity index (χ3v) is 2.78. The minimum absolute atomic E-state index is 0.177. The average molecular weight is 285 g/mol. The molecule has 7 nitrogen and oxygen atoms in total. The largest absolute Gasteiger partial charge is 0.480 e. The van der Waals surface area contributed by atoms with Crippen molar-refractivity contribution < 1.29 is 14.7 Å². The van der Waals surface area contributed by atoms with E-state index in [9.17, 15) is 14.4 Å². The summed E-state index contributed by atoms with van der Waals surface area (Å²) in [4.78, 5) is 39.1. The molecule has 7 heteroatoms. The van der Waals surface area contributed by atoms with Crippen LogP contribution in [0.2, 0.25) is 0 Å². The van der Waals surface area contributed by atoms with Gasteiger partial charge in [0.05, 0.1) is 0 Å². The van der Waals surface area contributed by atoms with Gasteiger partial charge in [0.1, 0.15) is 17.3 Å². The zero-order valence-electron chi connectivity index (χ0n) is 10.8. The Morgan fingerprint density at radius 3 is 2.90 bits per heavy atom. The summed E-state index contributed by atoms with van der Waals surface area (Å²) >= 11 is 0. The number of pyridine rings is 1. The molecule has 2 heterocycles. The lowest BCUT2D eigenvalue weighted by atomic mass is 10.2. The molecule has 106 valence electrons. The molecule has 0 fully saturated rings. The predicted molar refractivity (Wildman–Crippen MR) is 73.8 cm³/mol. The molecule has 0 saturated carbocycles. The van der Waals surface area contributed by atoms with Crippen molar-refractivity contribution in [1.82, 2.24) is 14.7 Å². The van der Waals surface area contributed by atoms with Gasteiger partial charge in [-0.1, -0.05) is 6.07 Å². The molecule has 1 unspecified atom stereocenters. The van der Waals surface area contributed by atoms with E-state index in [0.717, 1.165) is 6.20 Å². The number of carboxylic acids is 1. The molecule has 2 aromatic rings. The topological polar surface area (TPSA) is 101 Å². The Morgan fingerprint density at radius 2 is 2.24 bits per heavy atom. The number of carbonyl (C=O) groups excluding carboxylic acids is 1. The van der Waals surface area contributed by atoms with Crippen LogP contribution in [-0.4, -0.2) is 32.4 Å². The highest BCUT2D eigenvalue weighted by Gasteiger charge is 2.21. The lowest BCUT2D eigenvalue weighted by molar-refractivity contribution is -0.139. The van der Waals surface area contributed by atoms with Crippen LogP contribution in [0.5, 0.6) is 0 Å². The molecule has 0 radical (unpaired) electrons. The number of terminal acetylenes is 1. The Morgan fingerprint density at radius 1 is 1.48 bits per heavy atom. The van der Waals surface area contributed by atoms with E-state index in [1.54, 1.807) is 18.2 Å². The number of nitrogens with one attached hydrogen (secondary N) is 1. The van der Waals surface area contributed by atoms with E-state index in [4.69, 9.17) is 11.5 Å². The van der Waals surface area contributed by atoms with Crippen LogP contribution < -0.4 is 10.9 Å². The van der Waals surface area contributed by atoms with Gasteiger partial charge in [-0.2, -0.15) is 0 Å². The van der Waals surface area contributed by atoms with Gasteiger partial charge in [-0.15, -0.1) is 12.3 Å². The van der Waals surface area contributed by atoms with Crippen LogP contribution in [0.4, 0.5) is 0 Å². The number of nitrogens with zero attached hydrogens (tertiary/aromatic N) is 2. The summed E-state index contributed by atoms with van der Waals surface area (Å²) in [6.45, 7) is 0. The number of hydrogen-bond acceptors (Lipinski definition) is 4. The Kier molecular flexibility index (Phi) is 4.00. The highest BCUT2D eigenvalue weighted by molar-refractivity contribution is 5.96. The van der Waals surface area contributed by atoms with Crippen LogP contribution in [-0.2, 0) is 4.79 Å². The molecule has 0 aromatic carbocycles. The van der Waals surface area contributed by atoms with Crippen LogP contribution in [0.3, 0.4) is 0 Å². The molecular weight excluding hydrogens is 274 g/mol. The number of aromatic nitrogens is 2. The van der Waals surface area contributed by atoms with Crippen molar-refractivity contribution in [2.75, 3.05) is 0 Å². The molecule has 0 aliphatic rings. The second-order valence-electron chi connectivity index (χ2n) is 4.18. The van der Waals surface area contributed by atoms with Gasteiger partial charge in [-0.05, 0) is 12.1 Å². The maximum Gasteiger partial charge on any atom is 0.327 e. The monoisotopic (exact) mass is 285 g/mol. The van der Waals surface area contributed by atoms with E-state index in [-0.39, 0.29) is 12.0 Å². The predicted octanol–water partition coefficient (Wildman–Crippen LogP) is -0.0992. The van der Waals surface area contributed by atoms with Gasteiger partial charge in [-0.3, -0.25) is 14.0 Å². The standard InChI is InChI=1S/C14H11N3O4/c1-2-5-10(14(20)21)16-12(18)9-8-15-11-6-3-4-7-17(11)13(9)19/h1,3-4,6-8,10H,5H2,(H,16,18)(H,20,21). The number of carboxylic acid groups (broad SMARTS) is 1. The van der Waals surface area contributed by atoms with Crippen molar-refractivity contribution in [2.45, 2.75) is 12.5 Å². The third-order valence-electron chi connectivity index (χ3n) is 2.78. The molecule has 2 aromatic heterocycles. The molecule has 2 rings (SSSR count). The van der Waals surface area contributed by atoms with Crippen LogP contribution in [0.25, 0.3) is 5.65 Å². The first-order valence-electron chi connectivity index (χ1n) is 5.98. The number of carbonyl (C=O) groups is 2. The van der Waals surface area contributed by atoms with E-state index in [1.807, 2.05) is 0 Å². The third kappa shape index (κ3) is 2.90. The van der Waals surface area contributed by atoms with E-state index >= 15 is 0 Å². The van der Waals surface area contributed by atoms with Gasteiger partial charge in [0, 0.05) is 18.8 Å². The van der Waals surface area contributed by atoms with E-state index in [0.29, 0.717) is 5.65 Å². The molecule has 1 amide bonds. The summed E-state index contributed by atoms with van der Waals surface area (Å²) in [5.74, 6) is 0.0618. The Bertz CT molecular complexity index is 804. The lowest BCUT2D eigenvalue weighted by Crippen LogP contribution is -2.42. The highest BCUT2D eigenvalue weighted by Crippen LogP contribution is 1.99. The van der Waals surface area contributed by atoms with Crippen molar-refractivity contribution in [2.24, 2.45) is 0 Å². The molecule has 0 aliphatic carbocycles. The van der Waals surface area contributed by atoms with Crippen LogP contribution in [0, 0.1) is 12.3 Å². The van der Waals surface area contributed by atoms with Crippen molar-refractivity contribution in [3.05, 3.63) is 46.5 Å². The summed E-state index contributed by atoms with van der Waals surface area (Å²) in [5.41, 5.74) is -0.442. The molecular formula is C14H11N3O4. The fourth-order valence-electron chi connectivity index (χ4n) is 1.74. The average Bonchev–Trinajstić information content (AvgIpc) is 2.47. The minimum Gasteiger partial charge on any atom is -0.480 e. The number of rotatable bonds is 4. The number of amides is 1. The van der Waals surface area contributed by atoms with Crippen molar-refractivity contribution in [3.8, 4) is 12.3 Å². The van der Waals surface area contributed by atoms with Crippen molar-refractivity contribution >= 4 is 17.5 Å². The second-order valence-corrected chi connectivity index (χ2v) is 4.18. The Balaban J connectivity index is 2.36. The zero-order valence-corrected chi connectivity index (χ0v) is 10.8. The van der Waals surface area contributed by atoms with Crippen LogP contribution in [0.1, 0.15) is 16.8 Å². The van der Waals surface area contributed by atoms with Gasteiger partial charge in [-0.25, -0.2) is 9.78 Å².